The smallest absolute Gasteiger partial charge is 0.251 e. The summed E-state index contributed by atoms with van der Waals surface area (Å²) < 4.78 is 0. The third kappa shape index (κ3) is 6.18. The Kier molecular flexibility index (Phi) is 6.69. The molecule has 0 saturated heterocycles. The van der Waals surface area contributed by atoms with E-state index in [0.29, 0.717) is 11.3 Å². The Balaban J connectivity index is 1.93. The van der Waals surface area contributed by atoms with E-state index in [-0.39, 0.29) is 23.0 Å². The molecule has 0 radical (unpaired) electrons. The maximum Gasteiger partial charge on any atom is 0.251 e. The van der Waals surface area contributed by atoms with E-state index < -0.39 is 5.41 Å². The molecule has 1 unspecified atom stereocenters. The highest BCUT2D eigenvalue weighted by Crippen LogP contribution is 2.15. The molecule has 0 aliphatic rings. The number of anilines is 1. The Hall–Kier alpha value is -2.73. The van der Waals surface area contributed by atoms with E-state index in [0.717, 1.165) is 5.56 Å². The molecule has 0 aliphatic carbocycles. The Morgan fingerprint density at radius 3 is 2.11 bits per heavy atom. The number of hydrogen-bond donors (Lipinski definition) is 3. The van der Waals surface area contributed by atoms with Gasteiger partial charge in [-0.3, -0.25) is 9.59 Å². The van der Waals surface area contributed by atoms with Gasteiger partial charge in [0.25, 0.3) is 5.91 Å². The van der Waals surface area contributed by atoms with Crippen molar-refractivity contribution in [3.05, 3.63) is 65.7 Å². The summed E-state index contributed by atoms with van der Waals surface area (Å²) >= 11 is 5.15. The molecule has 2 amide bonds. The third-order valence-corrected chi connectivity index (χ3v) is 4.16. The monoisotopic (exact) mass is 383 g/mol. The van der Waals surface area contributed by atoms with Crippen LogP contribution in [0.4, 0.5) is 5.69 Å². The molecule has 6 heteroatoms. The fraction of sp³-hybridized carbons (Fsp3) is 0.286. The van der Waals surface area contributed by atoms with Gasteiger partial charge in [-0.2, -0.15) is 0 Å². The minimum atomic E-state index is -0.525. The first kappa shape index (κ1) is 20.6. The van der Waals surface area contributed by atoms with Crippen molar-refractivity contribution < 1.29 is 9.59 Å². The SMILES string of the molecule is CC(NC(=O)c1ccc(NC(=S)NC(=O)C(C)(C)C)cc1)c1ccccc1. The summed E-state index contributed by atoms with van der Waals surface area (Å²) in [5.41, 5.74) is 1.77. The summed E-state index contributed by atoms with van der Waals surface area (Å²) in [6, 6.07) is 16.6. The van der Waals surface area contributed by atoms with Gasteiger partial charge in [-0.25, -0.2) is 0 Å². The van der Waals surface area contributed by atoms with Crippen LogP contribution in [0, 0.1) is 5.41 Å². The molecule has 0 heterocycles. The van der Waals surface area contributed by atoms with E-state index in [1.165, 1.54) is 0 Å². The van der Waals surface area contributed by atoms with E-state index >= 15 is 0 Å². The fourth-order valence-corrected chi connectivity index (χ4v) is 2.47. The van der Waals surface area contributed by atoms with Crippen LogP contribution in [0.3, 0.4) is 0 Å². The molecular weight excluding hydrogens is 358 g/mol. The minimum absolute atomic E-state index is 0.0864. The Morgan fingerprint density at radius 2 is 1.56 bits per heavy atom. The van der Waals surface area contributed by atoms with Crippen LogP contribution in [0.15, 0.2) is 54.6 Å². The third-order valence-electron chi connectivity index (χ3n) is 3.96. The normalized spacial score (nSPS) is 12.0. The Bertz CT molecular complexity index is 812. The lowest BCUT2D eigenvalue weighted by atomic mass is 9.96. The molecule has 0 fully saturated rings. The summed E-state index contributed by atoms with van der Waals surface area (Å²) in [5.74, 6) is -0.313. The second-order valence-electron chi connectivity index (χ2n) is 7.34. The zero-order chi connectivity index (χ0) is 20.0. The number of carbonyl (C=O) groups is 2. The van der Waals surface area contributed by atoms with Gasteiger partial charge in [0.1, 0.15) is 0 Å². The van der Waals surface area contributed by atoms with Gasteiger partial charge in [-0.15, -0.1) is 0 Å². The summed E-state index contributed by atoms with van der Waals surface area (Å²) in [6.45, 7) is 7.39. The van der Waals surface area contributed by atoms with Crippen LogP contribution in [0.5, 0.6) is 0 Å². The zero-order valence-electron chi connectivity index (χ0n) is 16.0. The largest absolute Gasteiger partial charge is 0.346 e. The lowest BCUT2D eigenvalue weighted by Crippen LogP contribution is -2.41. The Labute approximate surface area is 165 Å². The van der Waals surface area contributed by atoms with Gasteiger partial charge in [0.15, 0.2) is 5.11 Å². The molecule has 3 N–H and O–H groups in total. The predicted octanol–water partition coefficient (Wildman–Crippen LogP) is 4.04. The van der Waals surface area contributed by atoms with Gasteiger partial charge in [-0.05, 0) is 49.0 Å². The summed E-state index contributed by atoms with van der Waals surface area (Å²) in [5, 5.41) is 8.80. The van der Waals surface area contributed by atoms with Gasteiger partial charge in [0, 0.05) is 16.7 Å². The van der Waals surface area contributed by atoms with Crippen LogP contribution in [-0.4, -0.2) is 16.9 Å². The van der Waals surface area contributed by atoms with Crippen molar-refractivity contribution in [3.8, 4) is 0 Å². The van der Waals surface area contributed by atoms with E-state index in [2.05, 4.69) is 16.0 Å². The minimum Gasteiger partial charge on any atom is -0.346 e. The van der Waals surface area contributed by atoms with Crippen LogP contribution >= 0.6 is 12.2 Å². The molecule has 0 aliphatic heterocycles. The van der Waals surface area contributed by atoms with Gasteiger partial charge in [-0.1, -0.05) is 51.1 Å². The van der Waals surface area contributed by atoms with Crippen molar-refractivity contribution in [2.75, 3.05) is 5.32 Å². The second-order valence-corrected chi connectivity index (χ2v) is 7.75. The molecule has 0 saturated carbocycles. The summed E-state index contributed by atoms with van der Waals surface area (Å²) in [4.78, 5) is 24.3. The predicted molar refractivity (Wildman–Crippen MR) is 113 cm³/mol. The molecule has 5 nitrogen and oxygen atoms in total. The van der Waals surface area contributed by atoms with Crippen molar-refractivity contribution in [2.24, 2.45) is 5.41 Å². The second kappa shape index (κ2) is 8.77. The van der Waals surface area contributed by atoms with Gasteiger partial charge < -0.3 is 16.0 Å². The highest BCUT2D eigenvalue weighted by Gasteiger charge is 2.22. The van der Waals surface area contributed by atoms with Crippen molar-refractivity contribution in [2.45, 2.75) is 33.7 Å². The van der Waals surface area contributed by atoms with E-state index in [1.807, 2.05) is 58.0 Å². The quantitative estimate of drug-likeness (QED) is 0.697. The first-order valence-electron chi connectivity index (χ1n) is 8.75. The zero-order valence-corrected chi connectivity index (χ0v) is 16.8. The van der Waals surface area contributed by atoms with Crippen LogP contribution in [0.1, 0.15) is 49.7 Å². The number of hydrogen-bond acceptors (Lipinski definition) is 3. The molecule has 1 atom stereocenters. The molecule has 2 rings (SSSR count). The van der Waals surface area contributed by atoms with Crippen molar-refractivity contribution in [1.29, 1.82) is 0 Å². The highest BCUT2D eigenvalue weighted by atomic mass is 32.1. The first-order valence-corrected chi connectivity index (χ1v) is 9.16. The topological polar surface area (TPSA) is 70.2 Å². The van der Waals surface area contributed by atoms with Crippen LogP contribution < -0.4 is 16.0 Å². The highest BCUT2D eigenvalue weighted by molar-refractivity contribution is 7.80. The number of rotatable bonds is 4. The van der Waals surface area contributed by atoms with E-state index in [1.54, 1.807) is 24.3 Å². The number of amides is 2. The van der Waals surface area contributed by atoms with E-state index in [4.69, 9.17) is 12.2 Å². The van der Waals surface area contributed by atoms with Gasteiger partial charge in [0.2, 0.25) is 5.91 Å². The van der Waals surface area contributed by atoms with Gasteiger partial charge >= 0.3 is 0 Å². The standard InChI is InChI=1S/C21H25N3O2S/c1-14(15-8-6-5-7-9-15)22-18(25)16-10-12-17(13-11-16)23-20(27)24-19(26)21(2,3)4/h5-14H,1-4H3,(H,22,25)(H2,23,24,26,27). The van der Waals surface area contributed by atoms with Crippen molar-refractivity contribution >= 4 is 34.8 Å². The lowest BCUT2D eigenvalue weighted by molar-refractivity contribution is -0.126. The molecule has 2 aromatic carbocycles. The van der Waals surface area contributed by atoms with Crippen LogP contribution in [0.2, 0.25) is 0 Å². The molecule has 142 valence electrons. The average molecular weight is 384 g/mol. The first-order chi connectivity index (χ1) is 12.7. The van der Waals surface area contributed by atoms with Crippen LogP contribution in [-0.2, 0) is 4.79 Å². The van der Waals surface area contributed by atoms with Crippen molar-refractivity contribution in [3.63, 3.8) is 0 Å². The molecular formula is C21H25N3O2S. The number of nitrogens with one attached hydrogen (secondary N) is 3. The molecule has 27 heavy (non-hydrogen) atoms. The Morgan fingerprint density at radius 1 is 0.963 bits per heavy atom. The molecule has 0 aromatic heterocycles. The number of carbonyl (C=O) groups excluding carboxylic acids is 2. The van der Waals surface area contributed by atoms with E-state index in [9.17, 15) is 9.59 Å². The molecule has 2 aromatic rings. The summed E-state index contributed by atoms with van der Waals surface area (Å²) in [7, 11) is 0. The summed E-state index contributed by atoms with van der Waals surface area (Å²) in [6.07, 6.45) is 0. The number of benzene rings is 2. The van der Waals surface area contributed by atoms with Crippen molar-refractivity contribution in [1.82, 2.24) is 10.6 Å². The van der Waals surface area contributed by atoms with Crippen LogP contribution in [0.25, 0.3) is 0 Å². The maximum absolute atomic E-state index is 12.4. The molecule has 0 bridgehead atoms. The molecule has 0 spiro atoms. The number of thiocarbonyl (C=S) groups is 1. The average Bonchev–Trinajstić information content (AvgIpc) is 2.62. The van der Waals surface area contributed by atoms with Gasteiger partial charge in [0.05, 0.1) is 6.04 Å². The fourth-order valence-electron chi connectivity index (χ4n) is 2.26. The lowest BCUT2D eigenvalue weighted by Gasteiger charge is -2.18. The maximum atomic E-state index is 12.4.